The summed E-state index contributed by atoms with van der Waals surface area (Å²) >= 11 is 0. The first kappa shape index (κ1) is 35.6. The molecular formula is C60H38N2O. The number of nitrogens with zero attached hydrogens (tertiary/aromatic N) is 2. The maximum atomic E-state index is 6.91. The SMILES string of the molecule is c1ccc(-c2cc(-c3ccccc3)nc(-c3ccc(-c4ccc5c(c4)C4(c6ccccc6O5)c5ccccc5C5(c6ccccc6-c6ccccc65)c5ccccc54)cc3)n2)cc1. The zero-order valence-electron chi connectivity index (χ0n) is 34.2. The predicted molar refractivity (Wildman–Crippen MR) is 253 cm³/mol. The summed E-state index contributed by atoms with van der Waals surface area (Å²) in [6, 6.07) is 83.3. The molecule has 0 saturated carbocycles. The van der Waals surface area contributed by atoms with Crippen molar-refractivity contribution in [2.24, 2.45) is 0 Å². The Morgan fingerprint density at radius 1 is 0.270 bits per heavy atom. The van der Waals surface area contributed by atoms with Crippen molar-refractivity contribution in [3.05, 3.63) is 275 Å². The van der Waals surface area contributed by atoms with Crippen molar-refractivity contribution in [1.82, 2.24) is 9.97 Å². The van der Waals surface area contributed by atoms with E-state index in [-0.39, 0.29) is 0 Å². The van der Waals surface area contributed by atoms with Gasteiger partial charge < -0.3 is 4.74 Å². The minimum Gasteiger partial charge on any atom is -0.457 e. The molecule has 0 fully saturated rings. The van der Waals surface area contributed by atoms with Crippen LogP contribution < -0.4 is 4.74 Å². The van der Waals surface area contributed by atoms with E-state index in [0.29, 0.717) is 5.82 Å². The van der Waals surface area contributed by atoms with Crippen molar-refractivity contribution in [2.75, 3.05) is 0 Å². The highest BCUT2D eigenvalue weighted by Gasteiger charge is 2.58. The van der Waals surface area contributed by atoms with Crippen LogP contribution in [0.3, 0.4) is 0 Å². The van der Waals surface area contributed by atoms with Gasteiger partial charge in [0, 0.05) is 27.8 Å². The molecule has 0 saturated heterocycles. The molecule has 1 aliphatic heterocycles. The van der Waals surface area contributed by atoms with Crippen molar-refractivity contribution < 1.29 is 4.74 Å². The fourth-order valence-corrected chi connectivity index (χ4v) is 11.1. The molecule has 1 aromatic heterocycles. The van der Waals surface area contributed by atoms with Gasteiger partial charge in [0.05, 0.1) is 22.2 Å². The van der Waals surface area contributed by atoms with Crippen molar-refractivity contribution >= 4 is 0 Å². The number of fused-ring (bicyclic) bond motifs is 15. The third kappa shape index (κ3) is 5.02. The molecule has 63 heavy (non-hydrogen) atoms. The fourth-order valence-electron chi connectivity index (χ4n) is 11.1. The first-order valence-electron chi connectivity index (χ1n) is 21.6. The van der Waals surface area contributed by atoms with Gasteiger partial charge in [0.1, 0.15) is 11.5 Å². The van der Waals surface area contributed by atoms with Gasteiger partial charge in [-0.15, -0.1) is 0 Å². The molecule has 2 spiro atoms. The standard InChI is InChI=1S/C60H38N2O/c1-3-17-40(18-4-1)54-38-55(41-19-5-2-6-20-41)62-58(61-54)42-33-31-39(32-34-42)43-35-36-57-53(37-43)60(52-29-15-16-30-56(52)63-57)50-27-13-11-25-48(50)59(49-26-12-14-28-51(49)60)46-23-9-7-21-44(46)45-22-8-10-24-47(45)59/h1-38H. The normalized spacial score (nSPS) is 14.1. The quantitative estimate of drug-likeness (QED) is 0.178. The average Bonchev–Trinajstić information content (AvgIpc) is 3.66. The first-order valence-corrected chi connectivity index (χ1v) is 21.6. The summed E-state index contributed by atoms with van der Waals surface area (Å²) in [7, 11) is 0. The Kier molecular flexibility index (Phi) is 7.73. The second kappa shape index (κ2) is 13.7. The molecule has 0 N–H and O–H groups in total. The van der Waals surface area contributed by atoms with Crippen LogP contribution in [-0.2, 0) is 10.8 Å². The van der Waals surface area contributed by atoms with E-state index in [9.17, 15) is 0 Å². The maximum absolute atomic E-state index is 6.91. The molecule has 0 bridgehead atoms. The van der Waals surface area contributed by atoms with E-state index in [1.807, 2.05) is 12.1 Å². The Labute approximate surface area is 366 Å². The number of ether oxygens (including phenoxy) is 1. The molecular weight excluding hydrogens is 765 g/mol. The zero-order chi connectivity index (χ0) is 41.5. The van der Waals surface area contributed by atoms with Crippen LogP contribution in [0.4, 0.5) is 0 Å². The van der Waals surface area contributed by atoms with E-state index >= 15 is 0 Å². The summed E-state index contributed by atoms with van der Waals surface area (Å²) in [6.07, 6.45) is 0. The van der Waals surface area contributed by atoms with Crippen LogP contribution in [0, 0.1) is 0 Å². The topological polar surface area (TPSA) is 35.0 Å². The van der Waals surface area contributed by atoms with Crippen LogP contribution in [0.15, 0.2) is 231 Å². The van der Waals surface area contributed by atoms with Crippen LogP contribution in [0.2, 0.25) is 0 Å². The lowest BCUT2D eigenvalue weighted by molar-refractivity contribution is 0.429. The highest BCUT2D eigenvalue weighted by Crippen LogP contribution is 2.67. The van der Waals surface area contributed by atoms with Crippen LogP contribution in [0.25, 0.3) is 56.2 Å². The van der Waals surface area contributed by atoms with Crippen LogP contribution >= 0.6 is 0 Å². The predicted octanol–water partition coefficient (Wildman–Crippen LogP) is 14.3. The van der Waals surface area contributed by atoms with E-state index < -0.39 is 10.8 Å². The molecule has 3 nitrogen and oxygen atoms in total. The number of hydrogen-bond acceptors (Lipinski definition) is 3. The summed E-state index contributed by atoms with van der Waals surface area (Å²) < 4.78 is 6.91. The minimum absolute atomic E-state index is 0.507. The smallest absolute Gasteiger partial charge is 0.160 e. The Hall–Kier alpha value is -8.14. The number of hydrogen-bond donors (Lipinski definition) is 0. The van der Waals surface area contributed by atoms with Gasteiger partial charge in [-0.1, -0.05) is 206 Å². The zero-order valence-corrected chi connectivity index (χ0v) is 34.2. The van der Waals surface area contributed by atoms with Gasteiger partial charge in [-0.25, -0.2) is 9.97 Å². The maximum Gasteiger partial charge on any atom is 0.160 e. The third-order valence-corrected chi connectivity index (χ3v) is 13.7. The van der Waals surface area contributed by atoms with Gasteiger partial charge >= 0.3 is 0 Å². The Morgan fingerprint density at radius 2 is 0.667 bits per heavy atom. The Morgan fingerprint density at radius 3 is 1.21 bits per heavy atom. The summed E-state index contributed by atoms with van der Waals surface area (Å²) in [5.74, 6) is 2.43. The van der Waals surface area contributed by atoms with E-state index in [4.69, 9.17) is 14.7 Å². The molecule has 10 aromatic rings. The van der Waals surface area contributed by atoms with Crippen molar-refractivity contribution in [3.63, 3.8) is 0 Å². The van der Waals surface area contributed by atoms with Crippen molar-refractivity contribution in [3.8, 4) is 67.7 Å². The van der Waals surface area contributed by atoms with Crippen LogP contribution in [0.1, 0.15) is 44.5 Å². The van der Waals surface area contributed by atoms with Gasteiger partial charge in [-0.2, -0.15) is 0 Å². The summed E-state index contributed by atoms with van der Waals surface area (Å²) in [4.78, 5) is 10.2. The van der Waals surface area contributed by atoms with E-state index in [1.54, 1.807) is 0 Å². The van der Waals surface area contributed by atoms with Gasteiger partial charge in [0.2, 0.25) is 0 Å². The van der Waals surface area contributed by atoms with Crippen LogP contribution in [0.5, 0.6) is 11.5 Å². The Balaban J connectivity index is 1.01. The molecule has 0 radical (unpaired) electrons. The highest BCUT2D eigenvalue weighted by molar-refractivity contribution is 5.90. The monoisotopic (exact) mass is 802 g/mol. The second-order valence-corrected chi connectivity index (χ2v) is 16.8. The lowest BCUT2D eigenvalue weighted by Gasteiger charge is -2.51. The lowest BCUT2D eigenvalue weighted by Crippen LogP contribution is -2.45. The Bertz CT molecular complexity index is 3270. The fraction of sp³-hybridized carbons (Fsp3) is 0.0333. The molecule has 0 atom stereocenters. The summed E-state index contributed by atoms with van der Waals surface area (Å²) in [5.41, 5.74) is 18.5. The van der Waals surface area contributed by atoms with E-state index in [0.717, 1.165) is 61.8 Å². The van der Waals surface area contributed by atoms with Crippen LogP contribution in [-0.4, -0.2) is 9.97 Å². The third-order valence-electron chi connectivity index (χ3n) is 13.7. The first-order chi connectivity index (χ1) is 31.2. The molecule has 2 aliphatic carbocycles. The average molecular weight is 803 g/mol. The highest BCUT2D eigenvalue weighted by atomic mass is 16.5. The summed E-state index contributed by atoms with van der Waals surface area (Å²) in [5, 5.41) is 0. The molecule has 9 aromatic carbocycles. The van der Waals surface area contributed by atoms with E-state index in [1.165, 1.54) is 44.5 Å². The number of para-hydroxylation sites is 1. The minimum atomic E-state index is -0.676. The van der Waals surface area contributed by atoms with Gasteiger partial charge in [-0.05, 0) is 79.9 Å². The lowest BCUT2D eigenvalue weighted by atomic mass is 9.51. The molecule has 13 rings (SSSR count). The largest absolute Gasteiger partial charge is 0.457 e. The number of rotatable bonds is 4. The number of aromatic nitrogens is 2. The second-order valence-electron chi connectivity index (χ2n) is 16.8. The molecule has 3 aliphatic rings. The van der Waals surface area contributed by atoms with Crippen molar-refractivity contribution in [1.29, 1.82) is 0 Å². The van der Waals surface area contributed by atoms with Gasteiger partial charge in [0.15, 0.2) is 5.82 Å². The molecule has 294 valence electrons. The van der Waals surface area contributed by atoms with E-state index in [2.05, 4.69) is 218 Å². The van der Waals surface area contributed by atoms with Gasteiger partial charge in [-0.3, -0.25) is 0 Å². The summed E-state index contributed by atoms with van der Waals surface area (Å²) in [6.45, 7) is 0. The number of benzene rings is 9. The molecule has 3 heteroatoms. The van der Waals surface area contributed by atoms with Crippen molar-refractivity contribution in [2.45, 2.75) is 10.8 Å². The molecule has 0 amide bonds. The molecule has 2 heterocycles. The molecule has 0 unspecified atom stereocenters. The van der Waals surface area contributed by atoms with Gasteiger partial charge in [0.25, 0.3) is 0 Å².